The minimum Gasteiger partial charge on any atom is -0.371 e. The molecule has 1 saturated heterocycles. The summed E-state index contributed by atoms with van der Waals surface area (Å²) in [6.45, 7) is 5.27. The lowest BCUT2D eigenvalue weighted by Crippen LogP contribution is -2.45. The summed E-state index contributed by atoms with van der Waals surface area (Å²) < 4.78 is 13.0. The van der Waals surface area contributed by atoms with Crippen LogP contribution in [0.5, 0.6) is 0 Å². The van der Waals surface area contributed by atoms with Crippen molar-refractivity contribution < 1.29 is 9.18 Å². The fourth-order valence-electron chi connectivity index (χ4n) is 3.42. The first-order valence-electron chi connectivity index (χ1n) is 9.34. The average Bonchev–Trinajstić information content (AvgIpc) is 2.66. The van der Waals surface area contributed by atoms with Gasteiger partial charge in [-0.05, 0) is 44.0 Å². The lowest BCUT2D eigenvalue weighted by atomic mass is 10.0. The third-order valence-electron chi connectivity index (χ3n) is 5.00. The number of anilines is 1. The fraction of sp³-hybridized carbons (Fsp3) is 0.450. The third kappa shape index (κ3) is 4.72. The number of hydrogen-bond acceptors (Lipinski definition) is 4. The zero-order chi connectivity index (χ0) is 19.4. The minimum atomic E-state index is -0.243. The van der Waals surface area contributed by atoms with E-state index in [1.165, 1.54) is 12.1 Å². The number of aryl methyl sites for hydroxylation is 2. The van der Waals surface area contributed by atoms with Gasteiger partial charge in [-0.1, -0.05) is 6.92 Å². The molecule has 0 aliphatic carbocycles. The van der Waals surface area contributed by atoms with E-state index >= 15 is 0 Å². The van der Waals surface area contributed by atoms with Gasteiger partial charge in [-0.2, -0.15) is 0 Å². The van der Waals surface area contributed by atoms with Crippen LogP contribution in [0.1, 0.15) is 36.8 Å². The Morgan fingerprint density at radius 1 is 1.30 bits per heavy atom. The predicted molar refractivity (Wildman–Crippen MR) is 102 cm³/mol. The molecule has 1 aromatic heterocycles. The Kier molecular flexibility index (Phi) is 5.88. The highest BCUT2D eigenvalue weighted by Gasteiger charge is 2.22. The van der Waals surface area contributed by atoms with Gasteiger partial charge in [0, 0.05) is 42.5 Å². The summed E-state index contributed by atoms with van der Waals surface area (Å²) >= 11 is 0. The van der Waals surface area contributed by atoms with Crippen LogP contribution >= 0.6 is 0 Å². The van der Waals surface area contributed by atoms with Gasteiger partial charge in [-0.25, -0.2) is 9.37 Å². The molecule has 1 amide bonds. The SMILES string of the molecule is CCc1nc(C)c(CC(=O)NC2CCN(c3ccc(F)cc3)CC2)c(=O)[nH]1. The lowest BCUT2D eigenvalue weighted by molar-refractivity contribution is -0.121. The number of aromatic amines is 1. The molecule has 7 heteroatoms. The molecule has 0 unspecified atom stereocenters. The monoisotopic (exact) mass is 372 g/mol. The zero-order valence-corrected chi connectivity index (χ0v) is 15.7. The highest BCUT2D eigenvalue weighted by molar-refractivity contribution is 5.79. The van der Waals surface area contributed by atoms with E-state index in [4.69, 9.17) is 0 Å². The molecule has 0 atom stereocenters. The number of nitrogens with zero attached hydrogens (tertiary/aromatic N) is 2. The van der Waals surface area contributed by atoms with E-state index in [9.17, 15) is 14.0 Å². The maximum Gasteiger partial charge on any atom is 0.254 e. The number of carbonyl (C=O) groups excluding carboxylic acids is 1. The maximum absolute atomic E-state index is 13.0. The van der Waals surface area contributed by atoms with Crippen LogP contribution < -0.4 is 15.8 Å². The van der Waals surface area contributed by atoms with Gasteiger partial charge < -0.3 is 15.2 Å². The van der Waals surface area contributed by atoms with Crippen LogP contribution in [0.2, 0.25) is 0 Å². The molecule has 144 valence electrons. The smallest absolute Gasteiger partial charge is 0.254 e. The Morgan fingerprint density at radius 2 is 1.96 bits per heavy atom. The first-order valence-corrected chi connectivity index (χ1v) is 9.34. The first-order chi connectivity index (χ1) is 13.0. The van der Waals surface area contributed by atoms with Crippen molar-refractivity contribution in [1.29, 1.82) is 0 Å². The molecule has 0 spiro atoms. The van der Waals surface area contributed by atoms with Crippen LogP contribution in [-0.4, -0.2) is 35.0 Å². The van der Waals surface area contributed by atoms with Crippen molar-refractivity contribution in [1.82, 2.24) is 15.3 Å². The maximum atomic E-state index is 13.0. The lowest BCUT2D eigenvalue weighted by Gasteiger charge is -2.34. The van der Waals surface area contributed by atoms with E-state index in [1.807, 2.05) is 6.92 Å². The second-order valence-electron chi connectivity index (χ2n) is 6.91. The van der Waals surface area contributed by atoms with E-state index in [-0.39, 0.29) is 29.7 Å². The molecule has 6 nitrogen and oxygen atoms in total. The van der Waals surface area contributed by atoms with Crippen molar-refractivity contribution in [3.05, 3.63) is 57.5 Å². The minimum absolute atomic E-state index is 0.0380. The number of halogens is 1. The average molecular weight is 372 g/mol. The molecular formula is C20H25FN4O2. The third-order valence-corrected chi connectivity index (χ3v) is 5.00. The highest BCUT2D eigenvalue weighted by Crippen LogP contribution is 2.20. The van der Waals surface area contributed by atoms with Gasteiger partial charge in [-0.3, -0.25) is 9.59 Å². The van der Waals surface area contributed by atoms with Crippen LogP contribution in [0.4, 0.5) is 10.1 Å². The van der Waals surface area contributed by atoms with Crippen LogP contribution in [-0.2, 0) is 17.6 Å². The number of aromatic nitrogens is 2. The Labute approximate surface area is 157 Å². The van der Waals surface area contributed by atoms with E-state index in [0.29, 0.717) is 23.5 Å². The van der Waals surface area contributed by atoms with Crippen LogP contribution in [0, 0.1) is 12.7 Å². The van der Waals surface area contributed by atoms with Gasteiger partial charge >= 0.3 is 0 Å². The van der Waals surface area contributed by atoms with Crippen LogP contribution in [0.25, 0.3) is 0 Å². The van der Waals surface area contributed by atoms with Gasteiger partial charge in [-0.15, -0.1) is 0 Å². The van der Waals surface area contributed by atoms with Gasteiger partial charge in [0.25, 0.3) is 5.56 Å². The molecule has 2 aromatic rings. The number of H-pyrrole nitrogens is 1. The quantitative estimate of drug-likeness (QED) is 0.843. The second-order valence-corrected chi connectivity index (χ2v) is 6.91. The van der Waals surface area contributed by atoms with E-state index < -0.39 is 0 Å². The highest BCUT2D eigenvalue weighted by atomic mass is 19.1. The van der Waals surface area contributed by atoms with E-state index in [1.54, 1.807) is 19.1 Å². The summed E-state index contributed by atoms with van der Waals surface area (Å²) in [5.74, 6) is 0.234. The standard InChI is InChI=1S/C20H25FN4O2/c1-3-18-22-13(2)17(20(27)24-18)12-19(26)23-15-8-10-25(11-9-15)16-6-4-14(21)5-7-16/h4-7,15H,3,8-12H2,1-2H3,(H,23,26)(H,22,24,27). The molecule has 3 rings (SSSR count). The second kappa shape index (κ2) is 8.33. The molecule has 2 heterocycles. The summed E-state index contributed by atoms with van der Waals surface area (Å²) in [4.78, 5) is 33.8. The Hall–Kier alpha value is -2.70. The first kappa shape index (κ1) is 19.1. The zero-order valence-electron chi connectivity index (χ0n) is 15.7. The van der Waals surface area contributed by atoms with Gasteiger partial charge in [0.2, 0.25) is 5.91 Å². The van der Waals surface area contributed by atoms with Crippen LogP contribution in [0.15, 0.2) is 29.1 Å². The molecule has 2 N–H and O–H groups in total. The molecule has 0 saturated carbocycles. The summed E-state index contributed by atoms with van der Waals surface area (Å²) in [6.07, 6.45) is 2.31. The number of amides is 1. The Bertz CT molecular complexity index is 855. The molecule has 27 heavy (non-hydrogen) atoms. The van der Waals surface area contributed by atoms with Gasteiger partial charge in [0.1, 0.15) is 11.6 Å². The summed E-state index contributed by atoms with van der Waals surface area (Å²) in [5.41, 5.74) is 1.79. The predicted octanol–water partition coefficient (Wildman–Crippen LogP) is 2.11. The Balaban J connectivity index is 1.54. The molecule has 1 aliphatic heterocycles. The van der Waals surface area contributed by atoms with Crippen LogP contribution in [0.3, 0.4) is 0 Å². The summed E-state index contributed by atoms with van der Waals surface area (Å²) in [5, 5.41) is 3.03. The van der Waals surface area contributed by atoms with Crippen molar-refractivity contribution in [3.8, 4) is 0 Å². The molecule has 1 aliphatic rings. The number of rotatable bonds is 5. The van der Waals surface area contributed by atoms with Gasteiger partial charge in [0.05, 0.1) is 6.42 Å². The van der Waals surface area contributed by atoms with Crippen molar-refractivity contribution >= 4 is 11.6 Å². The number of hydrogen-bond donors (Lipinski definition) is 2. The number of nitrogens with one attached hydrogen (secondary N) is 2. The molecule has 0 bridgehead atoms. The van der Waals surface area contributed by atoms with Crippen molar-refractivity contribution in [2.75, 3.05) is 18.0 Å². The molecular weight excluding hydrogens is 347 g/mol. The molecule has 0 radical (unpaired) electrons. The van der Waals surface area contributed by atoms with Crippen molar-refractivity contribution in [2.24, 2.45) is 0 Å². The van der Waals surface area contributed by atoms with E-state index in [0.717, 1.165) is 31.6 Å². The summed E-state index contributed by atoms with van der Waals surface area (Å²) in [7, 11) is 0. The molecule has 1 aromatic carbocycles. The van der Waals surface area contributed by atoms with Crippen molar-refractivity contribution in [2.45, 2.75) is 45.6 Å². The fourth-order valence-corrected chi connectivity index (χ4v) is 3.42. The summed E-state index contributed by atoms with van der Waals surface area (Å²) in [6, 6.07) is 6.55. The van der Waals surface area contributed by atoms with E-state index in [2.05, 4.69) is 20.2 Å². The van der Waals surface area contributed by atoms with Crippen molar-refractivity contribution in [3.63, 3.8) is 0 Å². The largest absolute Gasteiger partial charge is 0.371 e. The van der Waals surface area contributed by atoms with Gasteiger partial charge in [0.15, 0.2) is 0 Å². The Morgan fingerprint density at radius 3 is 2.56 bits per heavy atom. The number of carbonyl (C=O) groups is 1. The normalized spacial score (nSPS) is 15.0. The number of piperidine rings is 1. The topological polar surface area (TPSA) is 78.1 Å². The molecule has 1 fully saturated rings. The number of benzene rings is 1.